The zero-order chi connectivity index (χ0) is 24.6. The predicted octanol–water partition coefficient (Wildman–Crippen LogP) is 4.31. The molecule has 2 aromatic rings. The van der Waals surface area contributed by atoms with Gasteiger partial charge in [-0.05, 0) is 49.4 Å². The maximum absolute atomic E-state index is 14.4. The number of hydrogen-bond donors (Lipinski definition) is 3. The van der Waals surface area contributed by atoms with Crippen LogP contribution in [-0.4, -0.2) is 36.7 Å². The van der Waals surface area contributed by atoms with Gasteiger partial charge in [0.05, 0.1) is 23.3 Å². The van der Waals surface area contributed by atoms with Gasteiger partial charge in [0.2, 0.25) is 0 Å². The third-order valence-corrected chi connectivity index (χ3v) is 6.87. The van der Waals surface area contributed by atoms with Crippen molar-refractivity contribution >= 4 is 57.3 Å². The summed E-state index contributed by atoms with van der Waals surface area (Å²) in [6.45, 7) is 0. The molecule has 1 aliphatic rings. The van der Waals surface area contributed by atoms with E-state index in [1.54, 1.807) is 5.32 Å². The van der Waals surface area contributed by atoms with Gasteiger partial charge in [0.1, 0.15) is 5.00 Å². The predicted molar refractivity (Wildman–Crippen MR) is 118 cm³/mol. The van der Waals surface area contributed by atoms with E-state index in [-0.39, 0.29) is 26.2 Å². The highest BCUT2D eigenvalue weighted by molar-refractivity contribution is 7.16. The number of hydrogen-bond acceptors (Lipinski definition) is 6. The molecule has 0 fully saturated rings. The van der Waals surface area contributed by atoms with Crippen molar-refractivity contribution in [3.8, 4) is 0 Å². The molecule has 4 N–H and O–H groups in total. The molecule has 0 radical (unpaired) electrons. The summed E-state index contributed by atoms with van der Waals surface area (Å²) in [5.74, 6) is -4.13. The van der Waals surface area contributed by atoms with Gasteiger partial charge in [-0.3, -0.25) is 9.59 Å². The van der Waals surface area contributed by atoms with Crippen molar-refractivity contribution < 1.29 is 32.3 Å². The Hall–Kier alpha value is -2.50. The lowest BCUT2D eigenvalue weighted by atomic mass is 9.95. The monoisotopic (exact) mass is 523 g/mol. The molecular weight excluding hydrogens is 506 g/mol. The Morgan fingerprint density at radius 2 is 1.82 bits per heavy atom. The second kappa shape index (κ2) is 9.40. The summed E-state index contributed by atoms with van der Waals surface area (Å²) in [5.41, 5.74) is 1.75. The smallest absolute Gasteiger partial charge is 0.441 e. The number of methoxy groups -OCH3 is 1. The molecular formula is C20H18Cl2F3N3O4S. The average Bonchev–Trinajstić information content (AvgIpc) is 3.09. The topological polar surface area (TPSA) is 111 Å². The molecule has 0 unspecified atom stereocenters. The lowest BCUT2D eigenvalue weighted by molar-refractivity contribution is -0.203. The van der Waals surface area contributed by atoms with E-state index in [4.69, 9.17) is 28.9 Å². The van der Waals surface area contributed by atoms with Crippen LogP contribution < -0.4 is 16.4 Å². The third-order valence-electron chi connectivity index (χ3n) is 5.11. The molecule has 13 heteroatoms. The Morgan fingerprint density at radius 3 is 2.39 bits per heavy atom. The molecule has 1 aromatic heterocycles. The van der Waals surface area contributed by atoms with E-state index in [1.807, 2.05) is 5.32 Å². The van der Waals surface area contributed by atoms with Gasteiger partial charge in [-0.1, -0.05) is 23.2 Å². The standard InChI is InChI=1S/C20H18Cl2F3N3O4S/c1-32-18(31)19(20(23,24)25,27-16(30)10-7-6-9(21)8-12(10)22)28-17-14(15(26)29)11-4-2-3-5-13(11)33-17/h6-8,28H,2-5H2,1H3,(H2,26,29)(H,27,30)/t19-/m0/s1. The fraction of sp³-hybridized carbons (Fsp3) is 0.350. The summed E-state index contributed by atoms with van der Waals surface area (Å²) >= 11 is 12.6. The molecule has 0 saturated carbocycles. The van der Waals surface area contributed by atoms with Gasteiger partial charge in [0.25, 0.3) is 11.8 Å². The number of thiophene rings is 1. The fourth-order valence-corrected chi connectivity index (χ4v) is 5.38. The van der Waals surface area contributed by atoms with Crippen molar-refractivity contribution in [2.45, 2.75) is 37.5 Å². The largest absolute Gasteiger partial charge is 0.466 e. The number of rotatable bonds is 6. The molecule has 1 aliphatic carbocycles. The van der Waals surface area contributed by atoms with Crippen LogP contribution in [0.4, 0.5) is 18.2 Å². The normalized spacial score (nSPS) is 15.2. The van der Waals surface area contributed by atoms with Crippen LogP contribution in [0.1, 0.15) is 44.0 Å². The fourth-order valence-electron chi connectivity index (χ4n) is 3.54. The molecule has 0 saturated heterocycles. The summed E-state index contributed by atoms with van der Waals surface area (Å²) in [7, 11) is 0.736. The number of primary amides is 1. The number of nitrogens with one attached hydrogen (secondary N) is 2. The molecule has 7 nitrogen and oxygen atoms in total. The minimum absolute atomic E-state index is 0.147. The number of nitrogens with two attached hydrogens (primary N) is 1. The van der Waals surface area contributed by atoms with E-state index < -0.39 is 29.6 Å². The van der Waals surface area contributed by atoms with Crippen molar-refractivity contribution in [2.24, 2.45) is 5.73 Å². The van der Waals surface area contributed by atoms with Crippen LogP contribution in [0.25, 0.3) is 0 Å². The maximum atomic E-state index is 14.4. The van der Waals surface area contributed by atoms with Gasteiger partial charge in [-0.25, -0.2) is 4.79 Å². The molecule has 33 heavy (non-hydrogen) atoms. The molecule has 3 rings (SSSR count). The number of carbonyl (C=O) groups is 3. The highest BCUT2D eigenvalue weighted by Gasteiger charge is 2.64. The van der Waals surface area contributed by atoms with Gasteiger partial charge in [-0.2, -0.15) is 13.2 Å². The number of amides is 2. The number of esters is 1. The van der Waals surface area contributed by atoms with E-state index in [9.17, 15) is 27.6 Å². The Bertz CT molecular complexity index is 1120. The molecule has 0 bridgehead atoms. The Labute approximate surface area is 200 Å². The molecule has 1 aromatic carbocycles. The van der Waals surface area contributed by atoms with E-state index in [0.29, 0.717) is 23.3 Å². The number of ether oxygens (including phenoxy) is 1. The summed E-state index contributed by atoms with van der Waals surface area (Å²) in [6, 6.07) is 3.52. The highest BCUT2D eigenvalue weighted by atomic mass is 35.5. The van der Waals surface area contributed by atoms with Crippen LogP contribution in [0.5, 0.6) is 0 Å². The summed E-state index contributed by atoms with van der Waals surface area (Å²) < 4.78 is 47.6. The van der Waals surface area contributed by atoms with E-state index >= 15 is 0 Å². The number of benzene rings is 1. The van der Waals surface area contributed by atoms with Crippen LogP contribution >= 0.6 is 34.5 Å². The van der Waals surface area contributed by atoms with Gasteiger partial charge in [0.15, 0.2) is 0 Å². The van der Waals surface area contributed by atoms with Crippen molar-refractivity contribution in [3.05, 3.63) is 49.8 Å². The first kappa shape index (κ1) is 25.1. The van der Waals surface area contributed by atoms with Crippen LogP contribution in [0, 0.1) is 0 Å². The number of carbonyl (C=O) groups excluding carboxylic acids is 3. The minimum atomic E-state index is -5.39. The van der Waals surface area contributed by atoms with E-state index in [2.05, 4.69) is 4.74 Å². The number of aryl methyl sites for hydroxylation is 1. The van der Waals surface area contributed by atoms with Gasteiger partial charge in [-0.15, -0.1) is 11.3 Å². The Balaban J connectivity index is 2.13. The quantitative estimate of drug-likeness (QED) is 0.386. The summed E-state index contributed by atoms with van der Waals surface area (Å²) in [4.78, 5) is 38.1. The first-order chi connectivity index (χ1) is 15.4. The number of fused-ring (bicyclic) bond motifs is 1. The lowest BCUT2D eigenvalue weighted by Gasteiger charge is -2.34. The van der Waals surface area contributed by atoms with Gasteiger partial charge < -0.3 is 21.1 Å². The number of alkyl halides is 3. The Morgan fingerprint density at radius 1 is 1.15 bits per heavy atom. The van der Waals surface area contributed by atoms with Gasteiger partial charge in [0, 0.05) is 9.90 Å². The second-order valence-electron chi connectivity index (χ2n) is 7.22. The van der Waals surface area contributed by atoms with E-state index in [0.717, 1.165) is 43.4 Å². The molecule has 0 aliphatic heterocycles. The number of anilines is 1. The average molecular weight is 524 g/mol. The van der Waals surface area contributed by atoms with Crippen LogP contribution in [-0.2, 0) is 22.4 Å². The lowest BCUT2D eigenvalue weighted by Crippen LogP contribution is -2.69. The maximum Gasteiger partial charge on any atom is 0.441 e. The molecule has 2 amide bonds. The minimum Gasteiger partial charge on any atom is -0.466 e. The summed E-state index contributed by atoms with van der Waals surface area (Å²) in [5, 5.41) is 3.34. The molecule has 1 heterocycles. The molecule has 1 atom stereocenters. The third kappa shape index (κ3) is 4.75. The van der Waals surface area contributed by atoms with Crippen molar-refractivity contribution in [2.75, 3.05) is 12.4 Å². The second-order valence-corrected chi connectivity index (χ2v) is 9.17. The first-order valence-corrected chi connectivity index (χ1v) is 11.1. The highest BCUT2D eigenvalue weighted by Crippen LogP contribution is 2.42. The zero-order valence-electron chi connectivity index (χ0n) is 17.1. The van der Waals surface area contributed by atoms with Crippen molar-refractivity contribution in [1.29, 1.82) is 0 Å². The van der Waals surface area contributed by atoms with Crippen molar-refractivity contribution in [1.82, 2.24) is 5.32 Å². The van der Waals surface area contributed by atoms with Crippen LogP contribution in [0.15, 0.2) is 18.2 Å². The van der Waals surface area contributed by atoms with Gasteiger partial charge >= 0.3 is 17.8 Å². The van der Waals surface area contributed by atoms with E-state index in [1.165, 1.54) is 6.07 Å². The Kier molecular flexibility index (Phi) is 7.15. The zero-order valence-corrected chi connectivity index (χ0v) is 19.4. The first-order valence-electron chi connectivity index (χ1n) is 9.56. The summed E-state index contributed by atoms with van der Waals surface area (Å²) in [6.07, 6.45) is -2.87. The van der Waals surface area contributed by atoms with Crippen LogP contribution in [0.2, 0.25) is 10.0 Å². The SMILES string of the molecule is COC(=O)[C@](NC(=O)c1ccc(Cl)cc1Cl)(Nc1sc2c(c1C(N)=O)CCCC2)C(F)(F)F. The molecule has 0 spiro atoms. The van der Waals surface area contributed by atoms with Crippen molar-refractivity contribution in [3.63, 3.8) is 0 Å². The molecule has 178 valence electrons. The number of halogens is 5. The van der Waals surface area contributed by atoms with Crippen LogP contribution in [0.3, 0.4) is 0 Å².